The van der Waals surface area contributed by atoms with Gasteiger partial charge in [0.05, 0.1) is 13.2 Å². The van der Waals surface area contributed by atoms with Crippen molar-refractivity contribution in [3.8, 4) is 11.5 Å². The minimum absolute atomic E-state index is 0.183. The van der Waals surface area contributed by atoms with Crippen molar-refractivity contribution in [3.05, 3.63) is 75.8 Å². The standard InChI is InChI=1S/C27H29Cl2N3O4/c1-18-16-20(28)10-12-22(18)35-14-4-8-26(33)31-24-6-3-7-25(30-24)32-27(34)9-5-15-36-23-13-11-21(29)17-19(23)2/h3,6-7,10-13,16-17H,4-5,8-9,14-15H2,1-2H3,(H2,30,31,32,33,34). The van der Waals surface area contributed by atoms with Crippen molar-refractivity contribution in [2.45, 2.75) is 39.5 Å². The van der Waals surface area contributed by atoms with E-state index in [-0.39, 0.29) is 24.7 Å². The summed E-state index contributed by atoms with van der Waals surface area (Å²) in [4.78, 5) is 28.8. The molecule has 0 spiro atoms. The van der Waals surface area contributed by atoms with Gasteiger partial charge in [-0.25, -0.2) is 4.98 Å². The summed E-state index contributed by atoms with van der Waals surface area (Å²) in [6, 6.07) is 15.9. The zero-order valence-corrected chi connectivity index (χ0v) is 21.8. The van der Waals surface area contributed by atoms with Crippen molar-refractivity contribution in [3.63, 3.8) is 0 Å². The molecule has 0 aliphatic carbocycles. The maximum Gasteiger partial charge on any atom is 0.225 e. The smallest absolute Gasteiger partial charge is 0.225 e. The van der Waals surface area contributed by atoms with Gasteiger partial charge in [0.1, 0.15) is 23.1 Å². The largest absolute Gasteiger partial charge is 0.493 e. The zero-order valence-electron chi connectivity index (χ0n) is 20.3. The van der Waals surface area contributed by atoms with E-state index in [4.69, 9.17) is 32.7 Å². The number of aryl methyl sites for hydroxylation is 2. The molecule has 0 radical (unpaired) electrons. The average Bonchev–Trinajstić information content (AvgIpc) is 2.82. The Morgan fingerprint density at radius 1 is 0.750 bits per heavy atom. The Hall–Kier alpha value is -3.29. The summed E-state index contributed by atoms with van der Waals surface area (Å²) < 4.78 is 11.4. The van der Waals surface area contributed by atoms with Crippen molar-refractivity contribution in [1.29, 1.82) is 0 Å². The number of benzene rings is 2. The summed E-state index contributed by atoms with van der Waals surface area (Å²) in [7, 11) is 0. The van der Waals surface area contributed by atoms with Crippen LogP contribution in [0.1, 0.15) is 36.8 Å². The highest BCUT2D eigenvalue weighted by Gasteiger charge is 2.08. The van der Waals surface area contributed by atoms with E-state index in [1.54, 1.807) is 30.3 Å². The topological polar surface area (TPSA) is 89.6 Å². The van der Waals surface area contributed by atoms with Crippen LogP contribution >= 0.6 is 23.2 Å². The summed E-state index contributed by atoms with van der Waals surface area (Å²) in [5.74, 6) is 1.87. The normalized spacial score (nSPS) is 10.6. The van der Waals surface area contributed by atoms with Crippen LogP contribution in [0.2, 0.25) is 10.0 Å². The SMILES string of the molecule is Cc1cc(Cl)ccc1OCCCC(=O)Nc1cccc(NC(=O)CCCOc2ccc(Cl)cc2C)n1. The molecule has 2 N–H and O–H groups in total. The fourth-order valence-corrected chi connectivity index (χ4v) is 3.82. The summed E-state index contributed by atoms with van der Waals surface area (Å²) >= 11 is 11.9. The number of pyridine rings is 1. The van der Waals surface area contributed by atoms with E-state index in [1.165, 1.54) is 0 Å². The van der Waals surface area contributed by atoms with Crippen LogP contribution in [0.5, 0.6) is 11.5 Å². The van der Waals surface area contributed by atoms with E-state index >= 15 is 0 Å². The number of hydrogen-bond acceptors (Lipinski definition) is 5. The summed E-state index contributed by atoms with van der Waals surface area (Å²) in [6.45, 7) is 4.64. The predicted octanol–water partition coefficient (Wildman–Crippen LogP) is 6.60. The van der Waals surface area contributed by atoms with Gasteiger partial charge in [0.25, 0.3) is 0 Å². The highest BCUT2D eigenvalue weighted by molar-refractivity contribution is 6.31. The number of nitrogens with zero attached hydrogens (tertiary/aromatic N) is 1. The van der Waals surface area contributed by atoms with Gasteiger partial charge in [0.2, 0.25) is 11.8 Å². The summed E-state index contributed by atoms with van der Waals surface area (Å²) in [6.07, 6.45) is 1.64. The van der Waals surface area contributed by atoms with E-state index in [2.05, 4.69) is 15.6 Å². The summed E-state index contributed by atoms with van der Waals surface area (Å²) in [5, 5.41) is 6.81. The Morgan fingerprint density at radius 3 is 1.61 bits per heavy atom. The zero-order chi connectivity index (χ0) is 25.9. The molecule has 9 heteroatoms. The van der Waals surface area contributed by atoms with Gasteiger partial charge in [-0.3, -0.25) is 9.59 Å². The predicted molar refractivity (Wildman–Crippen MR) is 143 cm³/mol. The molecular weight excluding hydrogens is 501 g/mol. The van der Waals surface area contributed by atoms with E-state index in [1.807, 2.05) is 38.1 Å². The molecule has 0 saturated carbocycles. The van der Waals surface area contributed by atoms with Gasteiger partial charge in [-0.2, -0.15) is 0 Å². The fourth-order valence-electron chi connectivity index (χ4n) is 3.36. The second kappa shape index (κ2) is 13.7. The number of carbonyl (C=O) groups excluding carboxylic acids is 2. The third-order valence-electron chi connectivity index (χ3n) is 5.17. The number of amides is 2. The number of aromatic nitrogens is 1. The van der Waals surface area contributed by atoms with Crippen molar-refractivity contribution in [2.75, 3.05) is 23.8 Å². The molecule has 0 aliphatic heterocycles. The van der Waals surface area contributed by atoms with Gasteiger partial charge < -0.3 is 20.1 Å². The molecule has 36 heavy (non-hydrogen) atoms. The molecule has 2 aromatic carbocycles. The highest BCUT2D eigenvalue weighted by Crippen LogP contribution is 2.23. The van der Waals surface area contributed by atoms with Crippen LogP contribution in [0.15, 0.2) is 54.6 Å². The molecule has 2 amide bonds. The van der Waals surface area contributed by atoms with Crippen molar-refractivity contribution < 1.29 is 19.1 Å². The fraction of sp³-hybridized carbons (Fsp3) is 0.296. The second-order valence-electron chi connectivity index (χ2n) is 8.23. The second-order valence-corrected chi connectivity index (χ2v) is 9.10. The van der Waals surface area contributed by atoms with Crippen LogP contribution in [-0.2, 0) is 9.59 Å². The quantitative estimate of drug-likeness (QED) is 0.258. The Morgan fingerprint density at radius 2 is 1.19 bits per heavy atom. The Bertz CT molecular complexity index is 1110. The lowest BCUT2D eigenvalue weighted by Gasteiger charge is -2.10. The van der Waals surface area contributed by atoms with Crippen LogP contribution in [-0.4, -0.2) is 30.0 Å². The molecular formula is C27H29Cl2N3O4. The monoisotopic (exact) mass is 529 g/mol. The molecule has 1 aromatic heterocycles. The van der Waals surface area contributed by atoms with Crippen LogP contribution in [0.3, 0.4) is 0 Å². The summed E-state index contributed by atoms with van der Waals surface area (Å²) in [5.41, 5.74) is 1.89. The van der Waals surface area contributed by atoms with Gasteiger partial charge in [-0.1, -0.05) is 29.3 Å². The maximum absolute atomic E-state index is 12.3. The minimum atomic E-state index is -0.183. The lowest BCUT2D eigenvalue weighted by atomic mass is 10.2. The third kappa shape index (κ3) is 9.06. The van der Waals surface area contributed by atoms with Gasteiger partial charge in [0.15, 0.2) is 0 Å². The van der Waals surface area contributed by atoms with Crippen LogP contribution in [0.4, 0.5) is 11.6 Å². The Labute approximate surface area is 221 Å². The van der Waals surface area contributed by atoms with Crippen LogP contribution in [0, 0.1) is 13.8 Å². The van der Waals surface area contributed by atoms with Crippen molar-refractivity contribution >= 4 is 46.7 Å². The van der Waals surface area contributed by atoms with Crippen LogP contribution in [0.25, 0.3) is 0 Å². The lowest BCUT2D eigenvalue weighted by Crippen LogP contribution is -2.16. The molecule has 0 atom stereocenters. The lowest BCUT2D eigenvalue weighted by molar-refractivity contribution is -0.117. The highest BCUT2D eigenvalue weighted by atomic mass is 35.5. The first-order chi connectivity index (χ1) is 17.3. The molecule has 0 unspecified atom stereocenters. The van der Waals surface area contributed by atoms with Gasteiger partial charge in [0, 0.05) is 22.9 Å². The number of hydrogen-bond donors (Lipinski definition) is 2. The first-order valence-corrected chi connectivity index (χ1v) is 12.4. The molecule has 0 aliphatic rings. The molecule has 1 heterocycles. The van der Waals surface area contributed by atoms with E-state index in [0.29, 0.717) is 47.7 Å². The van der Waals surface area contributed by atoms with E-state index in [9.17, 15) is 9.59 Å². The van der Waals surface area contributed by atoms with E-state index in [0.717, 1.165) is 22.6 Å². The Balaban J connectivity index is 1.36. The third-order valence-corrected chi connectivity index (χ3v) is 5.64. The molecule has 3 rings (SSSR count). The average molecular weight is 530 g/mol. The van der Waals surface area contributed by atoms with Gasteiger partial charge in [-0.15, -0.1) is 0 Å². The number of rotatable bonds is 12. The number of nitrogens with one attached hydrogen (secondary N) is 2. The maximum atomic E-state index is 12.3. The van der Waals surface area contributed by atoms with Gasteiger partial charge in [-0.05, 0) is 86.3 Å². The number of anilines is 2. The first-order valence-electron chi connectivity index (χ1n) is 11.6. The molecule has 3 aromatic rings. The van der Waals surface area contributed by atoms with Gasteiger partial charge >= 0.3 is 0 Å². The number of ether oxygens (including phenoxy) is 2. The van der Waals surface area contributed by atoms with E-state index < -0.39 is 0 Å². The molecule has 190 valence electrons. The number of carbonyl (C=O) groups is 2. The molecule has 0 bridgehead atoms. The van der Waals surface area contributed by atoms with Crippen molar-refractivity contribution in [1.82, 2.24) is 4.98 Å². The molecule has 7 nitrogen and oxygen atoms in total. The Kier molecular flexibility index (Phi) is 10.4. The molecule has 0 saturated heterocycles. The minimum Gasteiger partial charge on any atom is -0.493 e. The van der Waals surface area contributed by atoms with Crippen LogP contribution < -0.4 is 20.1 Å². The number of halogens is 2. The first kappa shape index (κ1) is 27.3. The van der Waals surface area contributed by atoms with Crippen molar-refractivity contribution in [2.24, 2.45) is 0 Å². The molecule has 0 fully saturated rings.